The van der Waals surface area contributed by atoms with Crippen molar-refractivity contribution in [1.82, 2.24) is 0 Å². The summed E-state index contributed by atoms with van der Waals surface area (Å²) in [6.07, 6.45) is 2.30. The molecular weight excluding hydrogens is 254 g/mol. The van der Waals surface area contributed by atoms with E-state index in [4.69, 9.17) is 15.2 Å². The Bertz CT molecular complexity index is 480. The zero-order valence-corrected chi connectivity index (χ0v) is 11.8. The fraction of sp³-hybridized carbons (Fsp3) is 0.533. The molecule has 20 heavy (non-hydrogen) atoms. The Hall–Kier alpha value is -1.75. The van der Waals surface area contributed by atoms with Crippen LogP contribution < -0.4 is 15.4 Å². The quantitative estimate of drug-likeness (QED) is 0.910. The van der Waals surface area contributed by atoms with E-state index in [0.717, 1.165) is 37.6 Å². The second-order valence-corrected chi connectivity index (χ2v) is 5.31. The van der Waals surface area contributed by atoms with E-state index in [1.54, 1.807) is 7.11 Å². The molecule has 5 nitrogen and oxygen atoms in total. The minimum Gasteiger partial charge on any atom is -0.497 e. The number of benzene rings is 1. The molecule has 2 aliphatic heterocycles. The van der Waals surface area contributed by atoms with Gasteiger partial charge in [-0.3, -0.25) is 4.99 Å². The summed E-state index contributed by atoms with van der Waals surface area (Å²) >= 11 is 0. The van der Waals surface area contributed by atoms with Gasteiger partial charge in [0.2, 0.25) is 0 Å². The Morgan fingerprint density at radius 3 is 2.80 bits per heavy atom. The fourth-order valence-corrected chi connectivity index (χ4v) is 3.01. The number of guanidine groups is 1. The summed E-state index contributed by atoms with van der Waals surface area (Å²) in [5.74, 6) is 1.95. The molecule has 2 heterocycles. The van der Waals surface area contributed by atoms with Crippen LogP contribution in [-0.2, 0) is 4.74 Å². The highest BCUT2D eigenvalue weighted by molar-refractivity contribution is 5.97. The van der Waals surface area contributed by atoms with Crippen LogP contribution in [0.15, 0.2) is 29.3 Å². The van der Waals surface area contributed by atoms with E-state index >= 15 is 0 Å². The van der Waals surface area contributed by atoms with Crippen molar-refractivity contribution in [3.63, 3.8) is 0 Å². The van der Waals surface area contributed by atoms with Crippen molar-refractivity contribution in [2.24, 2.45) is 16.6 Å². The van der Waals surface area contributed by atoms with Gasteiger partial charge in [-0.1, -0.05) is 0 Å². The molecule has 108 valence electrons. The Kier molecular flexibility index (Phi) is 3.78. The van der Waals surface area contributed by atoms with Gasteiger partial charge in [0.05, 0.1) is 26.3 Å². The average Bonchev–Trinajstić information content (AvgIpc) is 2.90. The highest BCUT2D eigenvalue weighted by atomic mass is 16.5. The number of nitrogens with two attached hydrogens (primary N) is 1. The normalized spacial score (nSPS) is 26.4. The number of rotatable bonds is 3. The largest absolute Gasteiger partial charge is 0.497 e. The van der Waals surface area contributed by atoms with Crippen LogP contribution in [0.25, 0.3) is 0 Å². The van der Waals surface area contributed by atoms with Crippen molar-refractivity contribution < 1.29 is 9.47 Å². The summed E-state index contributed by atoms with van der Waals surface area (Å²) in [5.41, 5.74) is 7.15. The van der Waals surface area contributed by atoms with Gasteiger partial charge in [0.25, 0.3) is 0 Å². The van der Waals surface area contributed by atoms with Crippen LogP contribution >= 0.6 is 0 Å². The van der Waals surface area contributed by atoms with Crippen molar-refractivity contribution in [2.45, 2.75) is 18.9 Å². The third-order valence-corrected chi connectivity index (χ3v) is 4.11. The molecule has 0 aliphatic carbocycles. The van der Waals surface area contributed by atoms with Crippen LogP contribution in [-0.4, -0.2) is 38.9 Å². The van der Waals surface area contributed by atoms with Gasteiger partial charge < -0.3 is 20.1 Å². The van der Waals surface area contributed by atoms with Gasteiger partial charge in [0.15, 0.2) is 5.96 Å². The van der Waals surface area contributed by atoms with Crippen molar-refractivity contribution in [1.29, 1.82) is 0 Å². The molecule has 1 fully saturated rings. The third kappa shape index (κ3) is 2.45. The van der Waals surface area contributed by atoms with E-state index in [0.29, 0.717) is 17.9 Å². The third-order valence-electron chi connectivity index (χ3n) is 4.11. The first kappa shape index (κ1) is 13.2. The second-order valence-electron chi connectivity index (χ2n) is 5.31. The lowest BCUT2D eigenvalue weighted by atomic mass is 9.93. The first-order chi connectivity index (χ1) is 9.79. The predicted molar refractivity (Wildman–Crippen MR) is 79.3 cm³/mol. The molecule has 0 spiro atoms. The van der Waals surface area contributed by atoms with Crippen LogP contribution in [0.3, 0.4) is 0 Å². The summed E-state index contributed by atoms with van der Waals surface area (Å²) in [6.45, 7) is 2.44. The Balaban J connectivity index is 1.81. The summed E-state index contributed by atoms with van der Waals surface area (Å²) < 4.78 is 10.8. The zero-order valence-electron chi connectivity index (χ0n) is 11.8. The summed E-state index contributed by atoms with van der Waals surface area (Å²) in [6, 6.07) is 8.28. The molecule has 2 atom stereocenters. The molecular formula is C15H21N3O2. The summed E-state index contributed by atoms with van der Waals surface area (Å²) in [5, 5.41) is 0. The van der Waals surface area contributed by atoms with Crippen LogP contribution in [0.1, 0.15) is 12.8 Å². The van der Waals surface area contributed by atoms with Crippen molar-refractivity contribution in [3.8, 4) is 5.75 Å². The van der Waals surface area contributed by atoms with E-state index in [1.807, 2.05) is 24.3 Å². The highest BCUT2D eigenvalue weighted by Gasteiger charge is 2.34. The molecule has 0 amide bonds. The number of ether oxygens (including phenoxy) is 2. The standard InChI is InChI=1S/C15H21N3O2/c1-19-13-6-4-12(5-7-13)18-14(9-17-15(18)16)11-3-2-8-20-10-11/h4-7,11,14H,2-3,8-10H2,1H3,(H2,16,17). The minimum atomic E-state index is 0.309. The fourth-order valence-electron chi connectivity index (χ4n) is 3.01. The lowest BCUT2D eigenvalue weighted by Gasteiger charge is -2.34. The highest BCUT2D eigenvalue weighted by Crippen LogP contribution is 2.30. The van der Waals surface area contributed by atoms with Crippen molar-refractivity contribution in [2.75, 3.05) is 31.8 Å². The van der Waals surface area contributed by atoms with Gasteiger partial charge in [0.1, 0.15) is 5.75 Å². The molecule has 1 saturated heterocycles. The van der Waals surface area contributed by atoms with E-state index in [2.05, 4.69) is 9.89 Å². The van der Waals surface area contributed by atoms with Gasteiger partial charge in [-0.15, -0.1) is 0 Å². The van der Waals surface area contributed by atoms with Crippen LogP contribution in [0, 0.1) is 5.92 Å². The summed E-state index contributed by atoms with van der Waals surface area (Å²) in [7, 11) is 1.67. The van der Waals surface area contributed by atoms with Crippen molar-refractivity contribution >= 4 is 11.6 Å². The predicted octanol–water partition coefficient (Wildman–Crippen LogP) is 1.63. The molecule has 1 aromatic carbocycles. The van der Waals surface area contributed by atoms with Gasteiger partial charge in [-0.05, 0) is 37.1 Å². The molecule has 2 aliphatic rings. The minimum absolute atomic E-state index is 0.309. The molecule has 2 N–H and O–H groups in total. The number of methoxy groups -OCH3 is 1. The van der Waals surface area contributed by atoms with E-state index in [-0.39, 0.29) is 0 Å². The molecule has 0 aromatic heterocycles. The Morgan fingerprint density at radius 2 is 2.15 bits per heavy atom. The maximum absolute atomic E-state index is 6.08. The molecule has 5 heteroatoms. The first-order valence-electron chi connectivity index (χ1n) is 7.10. The maximum Gasteiger partial charge on any atom is 0.196 e. The van der Waals surface area contributed by atoms with Gasteiger partial charge in [-0.25, -0.2) is 0 Å². The van der Waals surface area contributed by atoms with Gasteiger partial charge in [-0.2, -0.15) is 0 Å². The van der Waals surface area contributed by atoms with Gasteiger partial charge in [0, 0.05) is 18.2 Å². The van der Waals surface area contributed by atoms with Gasteiger partial charge >= 0.3 is 0 Å². The molecule has 0 radical (unpaired) electrons. The number of aliphatic imine (C=N–C) groups is 1. The van der Waals surface area contributed by atoms with Crippen LogP contribution in [0.5, 0.6) is 5.75 Å². The number of nitrogens with zero attached hydrogens (tertiary/aromatic N) is 2. The smallest absolute Gasteiger partial charge is 0.196 e. The number of hydrogen-bond donors (Lipinski definition) is 1. The van der Waals surface area contributed by atoms with Crippen LogP contribution in [0.4, 0.5) is 5.69 Å². The second kappa shape index (κ2) is 5.71. The van der Waals surface area contributed by atoms with Crippen molar-refractivity contribution in [3.05, 3.63) is 24.3 Å². The Labute approximate surface area is 119 Å². The summed E-state index contributed by atoms with van der Waals surface area (Å²) in [4.78, 5) is 6.56. The zero-order chi connectivity index (χ0) is 13.9. The molecule has 0 saturated carbocycles. The van der Waals surface area contributed by atoms with E-state index < -0.39 is 0 Å². The molecule has 0 bridgehead atoms. The first-order valence-corrected chi connectivity index (χ1v) is 7.10. The number of hydrogen-bond acceptors (Lipinski definition) is 5. The monoisotopic (exact) mass is 275 g/mol. The Morgan fingerprint density at radius 1 is 1.35 bits per heavy atom. The lowest BCUT2D eigenvalue weighted by Crippen LogP contribution is -2.47. The molecule has 2 unspecified atom stereocenters. The SMILES string of the molecule is COc1ccc(N2C(N)=NCC2C2CCCOC2)cc1. The average molecular weight is 275 g/mol. The van der Waals surface area contributed by atoms with E-state index in [1.165, 1.54) is 6.42 Å². The van der Waals surface area contributed by atoms with E-state index in [9.17, 15) is 0 Å². The van der Waals surface area contributed by atoms with Crippen LogP contribution in [0.2, 0.25) is 0 Å². The molecule has 1 aromatic rings. The maximum atomic E-state index is 6.08. The lowest BCUT2D eigenvalue weighted by molar-refractivity contribution is 0.0473. The topological polar surface area (TPSA) is 60.1 Å². The molecule has 3 rings (SSSR count). The number of anilines is 1.